The molecule has 6 heteroatoms. The summed E-state index contributed by atoms with van der Waals surface area (Å²) in [7, 11) is 0. The van der Waals surface area contributed by atoms with Crippen LogP contribution in [0.5, 0.6) is 0 Å². The molecule has 0 atom stereocenters. The lowest BCUT2D eigenvalue weighted by Gasteiger charge is -2.07. The number of carbonyl (C=O) groups excluding carboxylic acids is 1. The average Bonchev–Trinajstić information content (AvgIpc) is 3.12. The third-order valence-electron chi connectivity index (χ3n) is 4.92. The molecular formula is C24H16ClFO4. The van der Waals surface area contributed by atoms with Crippen molar-refractivity contribution >= 4 is 34.3 Å². The fourth-order valence-electron chi connectivity index (χ4n) is 3.40. The van der Waals surface area contributed by atoms with E-state index in [4.69, 9.17) is 16.0 Å². The molecule has 0 aliphatic carbocycles. The fourth-order valence-corrected chi connectivity index (χ4v) is 3.63. The molecule has 4 aromatic rings. The lowest BCUT2D eigenvalue weighted by molar-refractivity contribution is 0.0696. The van der Waals surface area contributed by atoms with E-state index in [9.17, 15) is 19.1 Å². The van der Waals surface area contributed by atoms with E-state index in [1.165, 1.54) is 30.3 Å². The Bertz CT molecular complexity index is 1290. The van der Waals surface area contributed by atoms with Gasteiger partial charge in [0.05, 0.1) is 11.1 Å². The topological polar surface area (TPSA) is 67.5 Å². The molecule has 0 spiro atoms. The molecule has 4 rings (SSSR count). The number of hydrogen-bond acceptors (Lipinski definition) is 3. The molecule has 0 bridgehead atoms. The molecule has 0 unspecified atom stereocenters. The SMILES string of the molecule is CCC(=O)c1c(-c2ccc(F)cc2)oc2ccc(-c3cc(C(=O)O)ccc3Cl)cc12. The van der Waals surface area contributed by atoms with Gasteiger partial charge in [0.15, 0.2) is 5.78 Å². The Morgan fingerprint density at radius 3 is 2.37 bits per heavy atom. The predicted octanol–water partition coefficient (Wildman–Crippen LogP) is 6.85. The molecule has 0 radical (unpaired) electrons. The maximum absolute atomic E-state index is 13.3. The van der Waals surface area contributed by atoms with E-state index >= 15 is 0 Å². The molecule has 1 N–H and O–H groups in total. The number of carboxylic acids is 1. The van der Waals surface area contributed by atoms with Gasteiger partial charge < -0.3 is 9.52 Å². The van der Waals surface area contributed by atoms with Crippen LogP contribution < -0.4 is 0 Å². The minimum Gasteiger partial charge on any atom is -0.478 e. The van der Waals surface area contributed by atoms with Crippen molar-refractivity contribution in [3.05, 3.63) is 82.6 Å². The van der Waals surface area contributed by atoms with Gasteiger partial charge in [-0.1, -0.05) is 24.6 Å². The molecule has 1 aromatic heterocycles. The van der Waals surface area contributed by atoms with Crippen molar-refractivity contribution in [3.63, 3.8) is 0 Å². The summed E-state index contributed by atoms with van der Waals surface area (Å²) in [6, 6.07) is 15.4. The molecule has 150 valence electrons. The van der Waals surface area contributed by atoms with Gasteiger partial charge in [-0.05, 0) is 60.2 Å². The van der Waals surface area contributed by atoms with Crippen molar-refractivity contribution in [2.24, 2.45) is 0 Å². The monoisotopic (exact) mass is 422 g/mol. The number of carboxylic acid groups (broad SMARTS) is 1. The number of carbonyl (C=O) groups is 2. The summed E-state index contributed by atoms with van der Waals surface area (Å²) in [5.74, 6) is -1.18. The van der Waals surface area contributed by atoms with Gasteiger partial charge >= 0.3 is 5.97 Å². The minimum atomic E-state index is -1.06. The van der Waals surface area contributed by atoms with Gasteiger partial charge in [-0.2, -0.15) is 0 Å². The van der Waals surface area contributed by atoms with Gasteiger partial charge in [0.25, 0.3) is 0 Å². The molecule has 4 nitrogen and oxygen atoms in total. The third-order valence-corrected chi connectivity index (χ3v) is 5.25. The van der Waals surface area contributed by atoms with Crippen LogP contribution in [-0.2, 0) is 0 Å². The van der Waals surface area contributed by atoms with Crippen LogP contribution in [0.15, 0.2) is 65.1 Å². The zero-order valence-electron chi connectivity index (χ0n) is 15.9. The number of fused-ring (bicyclic) bond motifs is 1. The second kappa shape index (κ2) is 7.76. The Balaban J connectivity index is 1.95. The van der Waals surface area contributed by atoms with E-state index in [0.717, 1.165) is 0 Å². The van der Waals surface area contributed by atoms with Gasteiger partial charge in [0.2, 0.25) is 0 Å². The summed E-state index contributed by atoms with van der Waals surface area (Å²) in [4.78, 5) is 24.1. The molecule has 0 fully saturated rings. The lowest BCUT2D eigenvalue weighted by Crippen LogP contribution is -1.98. The number of ketones is 1. The summed E-state index contributed by atoms with van der Waals surface area (Å²) in [6.45, 7) is 1.76. The third kappa shape index (κ3) is 3.48. The molecule has 30 heavy (non-hydrogen) atoms. The van der Waals surface area contributed by atoms with E-state index < -0.39 is 5.97 Å². The van der Waals surface area contributed by atoms with Crippen LogP contribution in [0.25, 0.3) is 33.4 Å². The molecule has 0 saturated carbocycles. The summed E-state index contributed by atoms with van der Waals surface area (Å²) >= 11 is 6.31. The number of Topliss-reactive ketones (excluding diaryl/α,β-unsaturated/α-hetero) is 1. The van der Waals surface area contributed by atoms with Gasteiger partial charge in [0, 0.05) is 28.0 Å². The normalized spacial score (nSPS) is 11.0. The van der Waals surface area contributed by atoms with Crippen molar-refractivity contribution in [1.82, 2.24) is 0 Å². The Labute approximate surface area is 176 Å². The minimum absolute atomic E-state index is 0.110. The summed E-state index contributed by atoms with van der Waals surface area (Å²) in [5.41, 5.74) is 2.81. The van der Waals surface area contributed by atoms with E-state index in [1.807, 2.05) is 0 Å². The van der Waals surface area contributed by atoms with Crippen LogP contribution >= 0.6 is 11.6 Å². The first-order valence-corrected chi connectivity index (χ1v) is 9.65. The van der Waals surface area contributed by atoms with Gasteiger partial charge in [-0.3, -0.25) is 4.79 Å². The van der Waals surface area contributed by atoms with Crippen molar-refractivity contribution in [1.29, 1.82) is 0 Å². The fraction of sp³-hybridized carbons (Fsp3) is 0.0833. The largest absolute Gasteiger partial charge is 0.478 e. The number of furan rings is 1. The van der Waals surface area contributed by atoms with Gasteiger partial charge in [-0.15, -0.1) is 0 Å². The quantitative estimate of drug-likeness (QED) is 0.357. The molecule has 0 saturated heterocycles. The van der Waals surface area contributed by atoms with Crippen LogP contribution in [0.4, 0.5) is 4.39 Å². The average molecular weight is 423 g/mol. The Morgan fingerprint density at radius 1 is 1.00 bits per heavy atom. The van der Waals surface area contributed by atoms with Crippen LogP contribution in [0, 0.1) is 5.82 Å². The molecule has 0 aliphatic heterocycles. The van der Waals surface area contributed by atoms with Crippen LogP contribution in [0.3, 0.4) is 0 Å². The number of hydrogen-bond donors (Lipinski definition) is 1. The lowest BCUT2D eigenvalue weighted by atomic mass is 9.97. The van der Waals surface area contributed by atoms with Crippen molar-refractivity contribution in [2.45, 2.75) is 13.3 Å². The smallest absolute Gasteiger partial charge is 0.335 e. The standard InChI is InChI=1S/C24H16ClFO4/c1-2-20(27)22-18-11-14(17-12-15(24(28)29)5-9-19(17)25)6-10-21(18)30-23(22)13-3-7-16(26)8-4-13/h3-12H,2H2,1H3,(H,28,29). The Morgan fingerprint density at radius 2 is 1.70 bits per heavy atom. The van der Waals surface area contributed by atoms with E-state index in [2.05, 4.69) is 0 Å². The molecule has 3 aromatic carbocycles. The van der Waals surface area contributed by atoms with E-state index in [0.29, 0.717) is 44.0 Å². The summed E-state index contributed by atoms with van der Waals surface area (Å²) < 4.78 is 19.3. The number of aromatic carboxylic acids is 1. The van der Waals surface area contributed by atoms with Crippen molar-refractivity contribution in [2.75, 3.05) is 0 Å². The Hall–Kier alpha value is -3.44. The maximum atomic E-state index is 13.3. The van der Waals surface area contributed by atoms with Crippen LogP contribution in [0.2, 0.25) is 5.02 Å². The first-order valence-electron chi connectivity index (χ1n) is 9.28. The van der Waals surface area contributed by atoms with Gasteiger partial charge in [-0.25, -0.2) is 9.18 Å². The second-order valence-electron chi connectivity index (χ2n) is 6.80. The molecule has 0 aliphatic rings. The number of benzene rings is 3. The highest BCUT2D eigenvalue weighted by Gasteiger charge is 2.22. The van der Waals surface area contributed by atoms with Crippen molar-refractivity contribution in [3.8, 4) is 22.5 Å². The van der Waals surface area contributed by atoms with E-state index in [1.54, 1.807) is 37.3 Å². The molecular weight excluding hydrogens is 407 g/mol. The molecule has 0 amide bonds. The highest BCUT2D eigenvalue weighted by Crippen LogP contribution is 2.38. The summed E-state index contributed by atoms with van der Waals surface area (Å²) in [5, 5.41) is 10.3. The Kier molecular flexibility index (Phi) is 5.14. The predicted molar refractivity (Wildman–Crippen MR) is 114 cm³/mol. The zero-order valence-corrected chi connectivity index (χ0v) is 16.7. The zero-order chi connectivity index (χ0) is 21.4. The summed E-state index contributed by atoms with van der Waals surface area (Å²) in [6.07, 6.45) is 0.266. The highest BCUT2D eigenvalue weighted by atomic mass is 35.5. The first-order chi connectivity index (χ1) is 14.4. The van der Waals surface area contributed by atoms with Gasteiger partial charge in [0.1, 0.15) is 17.2 Å². The first kappa shape index (κ1) is 19.9. The van der Waals surface area contributed by atoms with Crippen LogP contribution in [0.1, 0.15) is 34.1 Å². The van der Waals surface area contributed by atoms with E-state index in [-0.39, 0.29) is 23.6 Å². The maximum Gasteiger partial charge on any atom is 0.335 e. The number of rotatable bonds is 5. The highest BCUT2D eigenvalue weighted by molar-refractivity contribution is 6.33. The van der Waals surface area contributed by atoms with Crippen molar-refractivity contribution < 1.29 is 23.5 Å². The second-order valence-corrected chi connectivity index (χ2v) is 7.21. The van der Waals surface area contributed by atoms with Crippen LogP contribution in [-0.4, -0.2) is 16.9 Å². The number of halogens is 2. The molecule has 1 heterocycles.